The van der Waals surface area contributed by atoms with E-state index in [1.54, 1.807) is 60.7 Å². The Hall–Kier alpha value is -4.25. The predicted octanol–water partition coefficient (Wildman–Crippen LogP) is 2.87. The average molecular weight is 550 g/mol. The zero-order valence-electron chi connectivity index (χ0n) is 21.6. The van der Waals surface area contributed by atoms with E-state index in [1.807, 2.05) is 30.3 Å². The van der Waals surface area contributed by atoms with Gasteiger partial charge >= 0.3 is 18.0 Å². The summed E-state index contributed by atoms with van der Waals surface area (Å²) in [7, 11) is 0. The lowest BCUT2D eigenvalue weighted by atomic mass is 9.93. The van der Waals surface area contributed by atoms with E-state index in [2.05, 4.69) is 5.32 Å². The van der Waals surface area contributed by atoms with Gasteiger partial charge in [-0.2, -0.15) is 0 Å². The smallest absolute Gasteiger partial charge is 0.407 e. The number of carbonyl (C=O) groups is 3. The van der Waals surface area contributed by atoms with Gasteiger partial charge in [-0.3, -0.25) is 0 Å². The number of nitrogens with one attached hydrogen (secondary N) is 1. The Bertz CT molecular complexity index is 1240. The summed E-state index contributed by atoms with van der Waals surface area (Å²) >= 11 is 0. The normalized spacial score (nSPS) is 22.1. The first-order valence-electron chi connectivity index (χ1n) is 12.9. The number of aliphatic hydroxyl groups excluding tert-OH is 2. The number of rotatable bonds is 10. The van der Waals surface area contributed by atoms with Crippen LogP contribution in [-0.2, 0) is 25.6 Å². The molecule has 0 unspecified atom stereocenters. The summed E-state index contributed by atoms with van der Waals surface area (Å²) < 4.78 is 21.9. The van der Waals surface area contributed by atoms with Gasteiger partial charge in [0.25, 0.3) is 0 Å². The van der Waals surface area contributed by atoms with Crippen LogP contribution in [0.15, 0.2) is 91.0 Å². The SMILES string of the molecule is O=C(NCC[C@@H]1O[C@H](COC(=O)c2ccccc2)[C@H](O)[C@H](OC(=O)c2ccccc2)[C@H]1O)OCc1ccccc1. The summed E-state index contributed by atoms with van der Waals surface area (Å²) in [4.78, 5) is 37.3. The fraction of sp³-hybridized carbons (Fsp3) is 0.300. The van der Waals surface area contributed by atoms with Crippen LogP contribution in [0, 0.1) is 0 Å². The van der Waals surface area contributed by atoms with E-state index in [1.165, 1.54) is 0 Å². The minimum absolute atomic E-state index is 0.0569. The van der Waals surface area contributed by atoms with E-state index in [0.717, 1.165) is 5.56 Å². The van der Waals surface area contributed by atoms with Crippen molar-refractivity contribution in [1.82, 2.24) is 5.32 Å². The maximum atomic E-state index is 12.7. The van der Waals surface area contributed by atoms with Gasteiger partial charge in [-0.1, -0.05) is 66.7 Å². The molecule has 10 heteroatoms. The van der Waals surface area contributed by atoms with Crippen LogP contribution >= 0.6 is 0 Å². The minimum Gasteiger partial charge on any atom is -0.459 e. The second-order valence-corrected chi connectivity index (χ2v) is 9.17. The molecular formula is C30H31NO9. The molecule has 1 heterocycles. The third kappa shape index (κ3) is 7.89. The maximum Gasteiger partial charge on any atom is 0.407 e. The van der Waals surface area contributed by atoms with Crippen molar-refractivity contribution < 1.29 is 43.5 Å². The van der Waals surface area contributed by atoms with Crippen LogP contribution in [0.2, 0.25) is 0 Å². The Morgan fingerprint density at radius 2 is 1.27 bits per heavy atom. The fourth-order valence-corrected chi connectivity index (χ4v) is 4.20. The molecule has 1 amide bonds. The summed E-state index contributed by atoms with van der Waals surface area (Å²) in [5.41, 5.74) is 1.38. The first-order valence-corrected chi connectivity index (χ1v) is 12.9. The van der Waals surface area contributed by atoms with Crippen LogP contribution in [0.1, 0.15) is 32.7 Å². The molecular weight excluding hydrogens is 518 g/mol. The van der Waals surface area contributed by atoms with Gasteiger partial charge < -0.3 is 34.5 Å². The van der Waals surface area contributed by atoms with Crippen molar-refractivity contribution in [3.8, 4) is 0 Å². The Labute approximate surface area is 231 Å². The zero-order chi connectivity index (χ0) is 28.3. The van der Waals surface area contributed by atoms with Crippen LogP contribution in [0.3, 0.4) is 0 Å². The highest BCUT2D eigenvalue weighted by molar-refractivity contribution is 5.90. The molecule has 4 rings (SSSR count). The van der Waals surface area contributed by atoms with Crippen molar-refractivity contribution in [3.05, 3.63) is 108 Å². The van der Waals surface area contributed by atoms with Crippen LogP contribution in [-0.4, -0.2) is 71.9 Å². The van der Waals surface area contributed by atoms with Crippen LogP contribution in [0.4, 0.5) is 4.79 Å². The van der Waals surface area contributed by atoms with Gasteiger partial charge in [-0.05, 0) is 36.2 Å². The summed E-state index contributed by atoms with van der Waals surface area (Å²) in [6.07, 6.45) is -6.94. The molecule has 3 N–H and O–H groups in total. The Balaban J connectivity index is 1.38. The third-order valence-corrected chi connectivity index (χ3v) is 6.34. The first-order chi connectivity index (χ1) is 19.4. The molecule has 40 heavy (non-hydrogen) atoms. The second-order valence-electron chi connectivity index (χ2n) is 9.17. The van der Waals surface area contributed by atoms with Gasteiger partial charge in [0, 0.05) is 6.54 Å². The standard InChI is InChI=1S/C30H31NO9/c32-25-23(16-17-31-30(36)38-18-20-10-4-1-5-11-20)39-24(19-37-28(34)21-12-6-2-7-13-21)26(33)27(25)40-29(35)22-14-8-3-9-15-22/h1-15,23-27,32-33H,16-19H2,(H,31,36)/t23-,24+,25-,26-,27+/m0/s1. The number of hydrogen-bond acceptors (Lipinski definition) is 9. The molecule has 0 spiro atoms. The van der Waals surface area contributed by atoms with Gasteiger partial charge in [-0.25, -0.2) is 14.4 Å². The molecule has 210 valence electrons. The number of aliphatic hydroxyl groups is 2. The number of carbonyl (C=O) groups excluding carboxylic acids is 3. The molecule has 1 aliphatic rings. The highest BCUT2D eigenvalue weighted by Crippen LogP contribution is 2.27. The predicted molar refractivity (Wildman–Crippen MR) is 142 cm³/mol. The van der Waals surface area contributed by atoms with Crippen LogP contribution in [0.25, 0.3) is 0 Å². The fourth-order valence-electron chi connectivity index (χ4n) is 4.20. The molecule has 0 aliphatic carbocycles. The van der Waals surface area contributed by atoms with E-state index in [4.69, 9.17) is 18.9 Å². The molecule has 0 aromatic heterocycles. The van der Waals surface area contributed by atoms with Gasteiger partial charge in [0.2, 0.25) is 0 Å². The molecule has 5 atom stereocenters. The van der Waals surface area contributed by atoms with Gasteiger partial charge in [0.15, 0.2) is 6.10 Å². The highest BCUT2D eigenvalue weighted by Gasteiger charge is 2.47. The average Bonchev–Trinajstić information content (AvgIpc) is 3.00. The lowest BCUT2D eigenvalue weighted by molar-refractivity contribution is -0.229. The molecule has 0 radical (unpaired) electrons. The van der Waals surface area contributed by atoms with Crippen LogP contribution < -0.4 is 5.32 Å². The molecule has 1 aliphatic heterocycles. The number of alkyl carbamates (subject to hydrolysis) is 1. The summed E-state index contributed by atoms with van der Waals surface area (Å²) in [5.74, 6) is -1.37. The Morgan fingerprint density at radius 1 is 0.725 bits per heavy atom. The van der Waals surface area contributed by atoms with E-state index in [0.29, 0.717) is 5.56 Å². The van der Waals surface area contributed by atoms with Crippen molar-refractivity contribution in [2.75, 3.05) is 13.2 Å². The zero-order valence-corrected chi connectivity index (χ0v) is 21.6. The number of esters is 2. The second kappa shape index (κ2) is 14.2. The highest BCUT2D eigenvalue weighted by atomic mass is 16.6. The topological polar surface area (TPSA) is 141 Å². The first kappa shape index (κ1) is 28.8. The Kier molecular flexibility index (Phi) is 10.2. The molecule has 0 saturated carbocycles. The summed E-state index contributed by atoms with van der Waals surface area (Å²) in [6, 6.07) is 25.6. The number of hydrogen-bond donors (Lipinski definition) is 3. The van der Waals surface area contributed by atoms with E-state index in [-0.39, 0.29) is 31.7 Å². The van der Waals surface area contributed by atoms with Crippen molar-refractivity contribution >= 4 is 18.0 Å². The molecule has 3 aromatic carbocycles. The summed E-state index contributed by atoms with van der Waals surface area (Å²) in [5, 5.41) is 24.5. The number of ether oxygens (including phenoxy) is 4. The monoisotopic (exact) mass is 549 g/mol. The van der Waals surface area contributed by atoms with Crippen LogP contribution in [0.5, 0.6) is 0 Å². The van der Waals surface area contributed by atoms with Gasteiger partial charge in [-0.15, -0.1) is 0 Å². The van der Waals surface area contributed by atoms with Gasteiger partial charge in [0.1, 0.15) is 31.5 Å². The molecule has 0 bridgehead atoms. The molecule has 3 aromatic rings. The van der Waals surface area contributed by atoms with Crippen molar-refractivity contribution in [1.29, 1.82) is 0 Å². The van der Waals surface area contributed by atoms with Gasteiger partial charge in [0.05, 0.1) is 17.2 Å². The lowest BCUT2D eigenvalue weighted by Crippen LogP contribution is -2.60. The largest absolute Gasteiger partial charge is 0.459 e. The Morgan fingerprint density at radius 3 is 1.90 bits per heavy atom. The third-order valence-electron chi connectivity index (χ3n) is 6.34. The maximum absolute atomic E-state index is 12.7. The number of amides is 1. The van der Waals surface area contributed by atoms with E-state index < -0.39 is 48.6 Å². The molecule has 1 saturated heterocycles. The van der Waals surface area contributed by atoms with E-state index in [9.17, 15) is 24.6 Å². The molecule has 1 fully saturated rings. The van der Waals surface area contributed by atoms with Crippen molar-refractivity contribution in [2.45, 2.75) is 43.5 Å². The lowest BCUT2D eigenvalue weighted by Gasteiger charge is -2.42. The van der Waals surface area contributed by atoms with E-state index >= 15 is 0 Å². The number of benzene rings is 3. The molecule has 10 nitrogen and oxygen atoms in total. The quantitative estimate of drug-likeness (QED) is 0.257. The summed E-state index contributed by atoms with van der Waals surface area (Å²) in [6.45, 7) is -0.209. The van der Waals surface area contributed by atoms with Crippen molar-refractivity contribution in [2.24, 2.45) is 0 Å². The van der Waals surface area contributed by atoms with Crippen molar-refractivity contribution in [3.63, 3.8) is 0 Å². The minimum atomic E-state index is -1.49.